The van der Waals surface area contributed by atoms with Crippen LogP contribution in [0, 0.1) is 0 Å². The Morgan fingerprint density at radius 2 is 1.94 bits per heavy atom. The quantitative estimate of drug-likeness (QED) is 0.821. The highest BCUT2D eigenvalue weighted by Crippen LogP contribution is 2.38. The normalized spacial score (nSPS) is 19.8. The Morgan fingerprint density at radius 1 is 1.25 bits per heavy atom. The molecule has 2 rings (SSSR count). The van der Waals surface area contributed by atoms with E-state index in [9.17, 15) is 5.11 Å². The maximum Gasteiger partial charge on any atom is 0.164 e. The first kappa shape index (κ1) is 11.1. The fourth-order valence-corrected chi connectivity index (χ4v) is 2.11. The van der Waals surface area contributed by atoms with E-state index in [2.05, 4.69) is 5.32 Å². The molecular formula is C12H17NO3. The Labute approximate surface area is 95.2 Å². The molecule has 4 heteroatoms. The standard InChI is InChI=1S/C12H17NO3/c1-15-11-6-8(9-4-3-5-13-9)10(14)7-12(11)16-2/h6-7,9,13-14H,3-5H2,1-2H3/t9-/m0/s1. The number of phenols is 1. The fourth-order valence-electron chi connectivity index (χ4n) is 2.11. The van der Waals surface area contributed by atoms with Gasteiger partial charge in [0.15, 0.2) is 11.5 Å². The summed E-state index contributed by atoms with van der Waals surface area (Å²) in [6, 6.07) is 3.67. The lowest BCUT2D eigenvalue weighted by Crippen LogP contribution is -2.13. The summed E-state index contributed by atoms with van der Waals surface area (Å²) in [5.41, 5.74) is 0.884. The van der Waals surface area contributed by atoms with E-state index in [-0.39, 0.29) is 11.8 Å². The number of phenolic OH excluding ortho intramolecular Hbond substituents is 1. The highest BCUT2D eigenvalue weighted by atomic mass is 16.5. The predicted octanol–water partition coefficient (Wildman–Crippen LogP) is 1.83. The zero-order chi connectivity index (χ0) is 11.5. The SMILES string of the molecule is COc1cc(O)c([C@@H]2CCCN2)cc1OC. The van der Waals surface area contributed by atoms with E-state index in [1.807, 2.05) is 6.07 Å². The molecule has 88 valence electrons. The highest BCUT2D eigenvalue weighted by Gasteiger charge is 2.21. The van der Waals surface area contributed by atoms with Crippen LogP contribution in [-0.2, 0) is 0 Å². The van der Waals surface area contributed by atoms with Crippen molar-refractivity contribution in [3.05, 3.63) is 17.7 Å². The number of hydrogen-bond acceptors (Lipinski definition) is 4. The molecule has 1 aliphatic heterocycles. The van der Waals surface area contributed by atoms with Gasteiger partial charge in [-0.3, -0.25) is 0 Å². The van der Waals surface area contributed by atoms with Gasteiger partial charge in [0.25, 0.3) is 0 Å². The zero-order valence-corrected chi connectivity index (χ0v) is 9.62. The van der Waals surface area contributed by atoms with Crippen molar-refractivity contribution in [3.63, 3.8) is 0 Å². The third-order valence-corrected chi connectivity index (χ3v) is 2.97. The highest BCUT2D eigenvalue weighted by molar-refractivity contribution is 5.51. The zero-order valence-electron chi connectivity index (χ0n) is 9.62. The second kappa shape index (κ2) is 4.61. The molecule has 1 fully saturated rings. The summed E-state index contributed by atoms with van der Waals surface area (Å²) in [5.74, 6) is 1.47. The van der Waals surface area contributed by atoms with Crippen molar-refractivity contribution in [3.8, 4) is 17.2 Å². The van der Waals surface area contributed by atoms with Gasteiger partial charge in [0.2, 0.25) is 0 Å². The van der Waals surface area contributed by atoms with Crippen LogP contribution in [0.25, 0.3) is 0 Å². The minimum Gasteiger partial charge on any atom is -0.507 e. The van der Waals surface area contributed by atoms with E-state index < -0.39 is 0 Å². The average molecular weight is 223 g/mol. The Kier molecular flexibility index (Phi) is 3.19. The van der Waals surface area contributed by atoms with Gasteiger partial charge in [0, 0.05) is 17.7 Å². The van der Waals surface area contributed by atoms with Crippen molar-refractivity contribution in [1.29, 1.82) is 0 Å². The van der Waals surface area contributed by atoms with Crippen LogP contribution in [-0.4, -0.2) is 25.9 Å². The molecule has 1 aliphatic rings. The molecule has 0 aliphatic carbocycles. The van der Waals surface area contributed by atoms with Crippen LogP contribution >= 0.6 is 0 Å². The van der Waals surface area contributed by atoms with E-state index in [1.165, 1.54) is 0 Å². The number of nitrogens with one attached hydrogen (secondary N) is 1. The molecule has 1 aromatic rings. The van der Waals surface area contributed by atoms with Gasteiger partial charge in [-0.15, -0.1) is 0 Å². The molecule has 0 bridgehead atoms. The summed E-state index contributed by atoms with van der Waals surface area (Å²) >= 11 is 0. The summed E-state index contributed by atoms with van der Waals surface area (Å²) in [6.07, 6.45) is 2.18. The predicted molar refractivity (Wildman–Crippen MR) is 61.2 cm³/mol. The van der Waals surface area contributed by atoms with Crippen LogP contribution in [0.15, 0.2) is 12.1 Å². The van der Waals surface area contributed by atoms with Crippen molar-refractivity contribution < 1.29 is 14.6 Å². The van der Waals surface area contributed by atoms with Gasteiger partial charge in [-0.1, -0.05) is 0 Å². The maximum atomic E-state index is 9.93. The monoisotopic (exact) mass is 223 g/mol. The molecule has 0 radical (unpaired) electrons. The van der Waals surface area contributed by atoms with Crippen LogP contribution < -0.4 is 14.8 Å². The molecule has 0 spiro atoms. The van der Waals surface area contributed by atoms with Crippen LogP contribution in [0.4, 0.5) is 0 Å². The molecule has 1 saturated heterocycles. The van der Waals surface area contributed by atoms with Gasteiger partial charge in [-0.25, -0.2) is 0 Å². The fraction of sp³-hybridized carbons (Fsp3) is 0.500. The van der Waals surface area contributed by atoms with Gasteiger partial charge in [0.05, 0.1) is 14.2 Å². The van der Waals surface area contributed by atoms with Crippen LogP contribution in [0.5, 0.6) is 17.2 Å². The van der Waals surface area contributed by atoms with Gasteiger partial charge >= 0.3 is 0 Å². The second-order valence-corrected chi connectivity index (χ2v) is 3.91. The van der Waals surface area contributed by atoms with Gasteiger partial charge in [0.1, 0.15) is 5.75 Å². The first-order chi connectivity index (χ1) is 7.76. The van der Waals surface area contributed by atoms with Crippen molar-refractivity contribution >= 4 is 0 Å². The van der Waals surface area contributed by atoms with Crippen molar-refractivity contribution in [2.45, 2.75) is 18.9 Å². The molecule has 16 heavy (non-hydrogen) atoms. The third kappa shape index (κ3) is 1.93. The smallest absolute Gasteiger partial charge is 0.164 e. The molecule has 0 saturated carbocycles. The molecule has 0 amide bonds. The van der Waals surface area contributed by atoms with Crippen LogP contribution in [0.2, 0.25) is 0 Å². The van der Waals surface area contributed by atoms with E-state index in [4.69, 9.17) is 9.47 Å². The van der Waals surface area contributed by atoms with E-state index >= 15 is 0 Å². The minimum atomic E-state index is 0.222. The molecule has 0 unspecified atom stereocenters. The number of aromatic hydroxyl groups is 1. The number of hydrogen-bond donors (Lipinski definition) is 2. The summed E-state index contributed by atoms with van der Waals surface area (Å²) in [4.78, 5) is 0. The Bertz CT molecular complexity index is 373. The Morgan fingerprint density at radius 3 is 2.50 bits per heavy atom. The maximum absolute atomic E-state index is 9.93. The number of benzene rings is 1. The number of methoxy groups -OCH3 is 2. The molecule has 1 atom stereocenters. The van der Waals surface area contributed by atoms with Crippen molar-refractivity contribution in [2.24, 2.45) is 0 Å². The lowest BCUT2D eigenvalue weighted by molar-refractivity contribution is 0.349. The molecular weight excluding hydrogens is 206 g/mol. The molecule has 4 nitrogen and oxygen atoms in total. The summed E-state index contributed by atoms with van der Waals surface area (Å²) in [6.45, 7) is 0.998. The topological polar surface area (TPSA) is 50.7 Å². The Balaban J connectivity index is 2.37. The molecule has 0 aromatic heterocycles. The van der Waals surface area contributed by atoms with Crippen molar-refractivity contribution in [2.75, 3.05) is 20.8 Å². The average Bonchev–Trinajstić information content (AvgIpc) is 2.82. The van der Waals surface area contributed by atoms with E-state index in [0.29, 0.717) is 11.5 Å². The van der Waals surface area contributed by atoms with Crippen LogP contribution in [0.1, 0.15) is 24.4 Å². The number of ether oxygens (including phenoxy) is 2. The van der Waals surface area contributed by atoms with Gasteiger partial charge in [-0.05, 0) is 25.5 Å². The first-order valence-corrected chi connectivity index (χ1v) is 5.44. The lowest BCUT2D eigenvalue weighted by Gasteiger charge is -2.16. The number of rotatable bonds is 3. The van der Waals surface area contributed by atoms with E-state index in [0.717, 1.165) is 24.9 Å². The molecule has 1 heterocycles. The second-order valence-electron chi connectivity index (χ2n) is 3.91. The summed E-state index contributed by atoms with van der Waals surface area (Å²) in [7, 11) is 3.16. The van der Waals surface area contributed by atoms with Gasteiger partial charge in [-0.2, -0.15) is 0 Å². The van der Waals surface area contributed by atoms with E-state index in [1.54, 1.807) is 20.3 Å². The summed E-state index contributed by atoms with van der Waals surface area (Å²) < 4.78 is 10.4. The first-order valence-electron chi connectivity index (χ1n) is 5.44. The molecule has 2 N–H and O–H groups in total. The molecule has 1 aromatic carbocycles. The third-order valence-electron chi connectivity index (χ3n) is 2.97. The van der Waals surface area contributed by atoms with Crippen LogP contribution in [0.3, 0.4) is 0 Å². The largest absolute Gasteiger partial charge is 0.507 e. The lowest BCUT2D eigenvalue weighted by atomic mass is 10.0. The summed E-state index contributed by atoms with van der Waals surface area (Å²) in [5, 5.41) is 13.3. The Hall–Kier alpha value is -1.42. The van der Waals surface area contributed by atoms with Gasteiger partial charge < -0.3 is 19.9 Å². The van der Waals surface area contributed by atoms with Crippen molar-refractivity contribution in [1.82, 2.24) is 5.32 Å². The minimum absolute atomic E-state index is 0.222.